The van der Waals surface area contributed by atoms with E-state index in [9.17, 15) is 4.39 Å². The maximum Gasteiger partial charge on any atom is 0.191 e. The fraction of sp³-hybridized carbons (Fsp3) is 0.250. The van der Waals surface area contributed by atoms with Crippen LogP contribution in [-0.4, -0.2) is 30.6 Å². The molecule has 3 aromatic rings. The van der Waals surface area contributed by atoms with Gasteiger partial charge in [0.25, 0.3) is 0 Å². The van der Waals surface area contributed by atoms with Gasteiger partial charge in [-0.3, -0.25) is 4.99 Å². The zero-order valence-electron chi connectivity index (χ0n) is 15.3. The second-order valence-electron chi connectivity index (χ2n) is 6.07. The molecular formula is C20H24FIN4O. The standard InChI is InChI=1S/C20H23FN4O.HI/c1-14(26-18-8-5-7-16(21)11-18)12-23-20(22-2)24-13-17-10-15-6-3-4-9-19(15)25-17;/h3-11,14,25H,12-13H2,1-2H3,(H2,22,23,24);1H. The normalized spacial score (nSPS) is 12.3. The Morgan fingerprint density at radius 1 is 1.15 bits per heavy atom. The maximum absolute atomic E-state index is 13.2. The predicted molar refractivity (Wildman–Crippen MR) is 118 cm³/mol. The van der Waals surface area contributed by atoms with Crippen LogP contribution in [0.1, 0.15) is 12.6 Å². The summed E-state index contributed by atoms with van der Waals surface area (Å²) in [7, 11) is 1.72. The van der Waals surface area contributed by atoms with E-state index >= 15 is 0 Å². The lowest BCUT2D eigenvalue weighted by Crippen LogP contribution is -2.41. The molecule has 0 spiro atoms. The Morgan fingerprint density at radius 2 is 1.96 bits per heavy atom. The number of guanidine groups is 1. The van der Waals surface area contributed by atoms with Gasteiger partial charge in [0.05, 0.1) is 13.1 Å². The Kier molecular flexibility index (Phi) is 7.90. The van der Waals surface area contributed by atoms with Gasteiger partial charge in [-0.25, -0.2) is 4.39 Å². The van der Waals surface area contributed by atoms with Gasteiger partial charge in [0, 0.05) is 24.3 Å². The number of H-pyrrole nitrogens is 1. The average Bonchev–Trinajstić information content (AvgIpc) is 3.05. The highest BCUT2D eigenvalue weighted by atomic mass is 127. The second-order valence-corrected chi connectivity index (χ2v) is 6.07. The third-order valence-corrected chi connectivity index (χ3v) is 3.95. The smallest absolute Gasteiger partial charge is 0.191 e. The van der Waals surface area contributed by atoms with Crippen molar-refractivity contribution in [1.29, 1.82) is 0 Å². The maximum atomic E-state index is 13.2. The highest BCUT2D eigenvalue weighted by Gasteiger charge is 2.07. The van der Waals surface area contributed by atoms with Crippen molar-refractivity contribution in [1.82, 2.24) is 15.6 Å². The monoisotopic (exact) mass is 482 g/mol. The van der Waals surface area contributed by atoms with Gasteiger partial charge in [0.15, 0.2) is 5.96 Å². The molecule has 0 radical (unpaired) electrons. The van der Waals surface area contributed by atoms with Crippen molar-refractivity contribution >= 4 is 40.8 Å². The molecule has 3 rings (SSSR count). The van der Waals surface area contributed by atoms with Gasteiger partial charge >= 0.3 is 0 Å². The lowest BCUT2D eigenvalue weighted by molar-refractivity contribution is 0.223. The summed E-state index contributed by atoms with van der Waals surface area (Å²) in [6.07, 6.45) is -0.136. The van der Waals surface area contributed by atoms with Gasteiger partial charge in [0.2, 0.25) is 0 Å². The summed E-state index contributed by atoms with van der Waals surface area (Å²) in [6, 6.07) is 16.4. The minimum Gasteiger partial charge on any atom is -0.489 e. The summed E-state index contributed by atoms with van der Waals surface area (Å²) in [5.74, 6) is 0.886. The molecule has 0 saturated carbocycles. The molecule has 3 N–H and O–H groups in total. The Morgan fingerprint density at radius 3 is 2.70 bits per heavy atom. The van der Waals surface area contributed by atoms with Crippen molar-refractivity contribution in [2.75, 3.05) is 13.6 Å². The van der Waals surface area contributed by atoms with Gasteiger partial charge < -0.3 is 20.4 Å². The van der Waals surface area contributed by atoms with Crippen LogP contribution in [-0.2, 0) is 6.54 Å². The zero-order valence-corrected chi connectivity index (χ0v) is 17.7. The number of para-hydroxylation sites is 1. The molecule has 1 heterocycles. The van der Waals surface area contributed by atoms with Crippen LogP contribution >= 0.6 is 24.0 Å². The fourth-order valence-electron chi connectivity index (χ4n) is 2.68. The molecule has 0 aliphatic carbocycles. The number of hydrogen-bond donors (Lipinski definition) is 3. The number of aromatic amines is 1. The van der Waals surface area contributed by atoms with Crippen LogP contribution < -0.4 is 15.4 Å². The number of halogens is 2. The van der Waals surface area contributed by atoms with Crippen molar-refractivity contribution in [3.63, 3.8) is 0 Å². The summed E-state index contributed by atoms with van der Waals surface area (Å²) in [4.78, 5) is 7.59. The molecular weight excluding hydrogens is 458 g/mol. The number of aromatic nitrogens is 1. The number of rotatable bonds is 6. The first-order chi connectivity index (χ1) is 12.6. The molecule has 144 valence electrons. The van der Waals surface area contributed by atoms with E-state index in [0.29, 0.717) is 24.8 Å². The fourth-order valence-corrected chi connectivity index (χ4v) is 2.68. The molecule has 0 saturated heterocycles. The number of nitrogens with zero attached hydrogens (tertiary/aromatic N) is 1. The molecule has 0 aliphatic heterocycles. The quantitative estimate of drug-likeness (QED) is 0.282. The van der Waals surface area contributed by atoms with E-state index in [1.807, 2.05) is 19.1 Å². The predicted octanol–water partition coefficient (Wildman–Crippen LogP) is 4.06. The van der Waals surface area contributed by atoms with Crippen molar-refractivity contribution in [3.05, 3.63) is 66.1 Å². The van der Waals surface area contributed by atoms with E-state index in [2.05, 4.69) is 38.8 Å². The van der Waals surface area contributed by atoms with Crippen molar-refractivity contribution in [2.45, 2.75) is 19.6 Å². The molecule has 1 unspecified atom stereocenters. The van der Waals surface area contributed by atoms with Gasteiger partial charge in [-0.15, -0.1) is 24.0 Å². The lowest BCUT2D eigenvalue weighted by atomic mass is 10.2. The van der Waals surface area contributed by atoms with Crippen LogP contribution in [0, 0.1) is 5.82 Å². The molecule has 1 atom stereocenters. The molecule has 2 aromatic carbocycles. The molecule has 0 aliphatic rings. The zero-order chi connectivity index (χ0) is 18.4. The number of aliphatic imine (C=N–C) groups is 1. The van der Waals surface area contributed by atoms with Crippen molar-refractivity contribution < 1.29 is 9.13 Å². The van der Waals surface area contributed by atoms with Crippen LogP contribution in [0.5, 0.6) is 5.75 Å². The Hall–Kier alpha value is -2.29. The Bertz CT molecular complexity index is 863. The summed E-state index contributed by atoms with van der Waals surface area (Å²) in [5, 5.41) is 7.67. The van der Waals surface area contributed by atoms with E-state index in [4.69, 9.17) is 4.74 Å². The third-order valence-electron chi connectivity index (χ3n) is 3.95. The largest absolute Gasteiger partial charge is 0.489 e. The van der Waals surface area contributed by atoms with Gasteiger partial charge in [0.1, 0.15) is 17.7 Å². The molecule has 0 bridgehead atoms. The summed E-state index contributed by atoms with van der Waals surface area (Å²) < 4.78 is 18.9. The minimum atomic E-state index is -0.307. The molecule has 1 aromatic heterocycles. The highest BCUT2D eigenvalue weighted by Crippen LogP contribution is 2.15. The van der Waals surface area contributed by atoms with Crippen LogP contribution in [0.4, 0.5) is 4.39 Å². The van der Waals surface area contributed by atoms with E-state index in [0.717, 1.165) is 11.2 Å². The van der Waals surface area contributed by atoms with Gasteiger partial charge in [-0.1, -0.05) is 24.3 Å². The van der Waals surface area contributed by atoms with E-state index in [1.165, 1.54) is 17.5 Å². The first-order valence-corrected chi connectivity index (χ1v) is 8.57. The summed E-state index contributed by atoms with van der Waals surface area (Å²) in [6.45, 7) is 3.10. The Balaban J connectivity index is 0.00000261. The van der Waals surface area contributed by atoms with Crippen molar-refractivity contribution in [3.8, 4) is 5.75 Å². The van der Waals surface area contributed by atoms with Gasteiger partial charge in [-0.2, -0.15) is 0 Å². The van der Waals surface area contributed by atoms with E-state index in [1.54, 1.807) is 19.2 Å². The number of nitrogens with one attached hydrogen (secondary N) is 3. The van der Waals surface area contributed by atoms with Crippen molar-refractivity contribution in [2.24, 2.45) is 4.99 Å². The number of benzene rings is 2. The number of ether oxygens (including phenoxy) is 1. The third kappa shape index (κ3) is 6.13. The summed E-state index contributed by atoms with van der Waals surface area (Å²) >= 11 is 0. The number of hydrogen-bond acceptors (Lipinski definition) is 2. The molecule has 5 nitrogen and oxygen atoms in total. The highest BCUT2D eigenvalue weighted by molar-refractivity contribution is 14.0. The first-order valence-electron chi connectivity index (χ1n) is 8.57. The van der Waals surface area contributed by atoms with Gasteiger partial charge in [-0.05, 0) is 36.6 Å². The van der Waals surface area contributed by atoms with E-state index < -0.39 is 0 Å². The first kappa shape index (κ1) is 21.0. The van der Waals surface area contributed by atoms with Crippen LogP contribution in [0.25, 0.3) is 10.9 Å². The van der Waals surface area contributed by atoms with Crippen LogP contribution in [0.2, 0.25) is 0 Å². The average molecular weight is 482 g/mol. The summed E-state index contributed by atoms with van der Waals surface area (Å²) in [5.41, 5.74) is 2.20. The molecule has 7 heteroatoms. The second kappa shape index (κ2) is 10.1. The number of fused-ring (bicyclic) bond motifs is 1. The van der Waals surface area contributed by atoms with Crippen LogP contribution in [0.3, 0.4) is 0 Å². The molecule has 0 amide bonds. The minimum absolute atomic E-state index is 0. The Labute approximate surface area is 175 Å². The molecule has 0 fully saturated rings. The topological polar surface area (TPSA) is 61.4 Å². The molecule has 27 heavy (non-hydrogen) atoms. The van der Waals surface area contributed by atoms with Crippen LogP contribution in [0.15, 0.2) is 59.6 Å². The SMILES string of the molecule is CN=C(NCc1cc2ccccc2[nH]1)NCC(C)Oc1cccc(F)c1.I. The lowest BCUT2D eigenvalue weighted by Gasteiger charge is -2.17. The van der Waals surface area contributed by atoms with E-state index in [-0.39, 0.29) is 35.9 Å².